The predicted molar refractivity (Wildman–Crippen MR) is 573 cm³/mol. The van der Waals surface area contributed by atoms with Gasteiger partial charge in [-0.25, -0.2) is 19.9 Å². The number of fused-ring (bicyclic) bond motifs is 18. The third kappa shape index (κ3) is 13.6. The Labute approximate surface area is 785 Å². The molecule has 23 aromatic carbocycles. The highest BCUT2D eigenvalue weighted by Crippen LogP contribution is 2.49. The number of hydrogen-bond donors (Lipinski definition) is 0. The maximum Gasteiger partial charge on any atom is 0.161 e. The van der Waals surface area contributed by atoms with Crippen molar-refractivity contribution in [2.75, 3.05) is 0 Å². The lowest BCUT2D eigenvalue weighted by Gasteiger charge is -2.16. The largest absolute Gasteiger partial charge is 0.309 e. The fraction of sp³-hybridized carbons (Fsp3) is 0. The molecule has 0 bridgehead atoms. The van der Waals surface area contributed by atoms with Gasteiger partial charge < -0.3 is 9.13 Å². The molecule has 27 rings (SSSR count). The summed E-state index contributed by atoms with van der Waals surface area (Å²) in [5, 5.41) is 21.5. The van der Waals surface area contributed by atoms with Gasteiger partial charge in [0, 0.05) is 65.6 Å². The highest BCUT2D eigenvalue weighted by Gasteiger charge is 2.26. The number of rotatable bonds is 13. The third-order valence-electron chi connectivity index (χ3n) is 27.5. The highest BCUT2D eigenvalue weighted by molar-refractivity contribution is 6.32. The van der Waals surface area contributed by atoms with Crippen molar-refractivity contribution in [3.05, 3.63) is 497 Å². The Hall–Kier alpha value is -18.1. The summed E-state index contributed by atoms with van der Waals surface area (Å²) in [5.74, 6) is 1.40. The molecule has 6 nitrogen and oxygen atoms in total. The van der Waals surface area contributed by atoms with Crippen LogP contribution < -0.4 is 0 Å². The molecule has 0 fully saturated rings. The van der Waals surface area contributed by atoms with Crippen molar-refractivity contribution in [2.24, 2.45) is 0 Å². The van der Waals surface area contributed by atoms with E-state index in [1.54, 1.807) is 0 Å². The van der Waals surface area contributed by atoms with E-state index in [9.17, 15) is 0 Å². The molecule has 0 N–H and O–H groups in total. The quantitative estimate of drug-likeness (QED) is 0.115. The fourth-order valence-electron chi connectivity index (χ4n) is 21.2. The van der Waals surface area contributed by atoms with Gasteiger partial charge in [0.25, 0.3) is 0 Å². The first kappa shape index (κ1) is 78.9. The van der Waals surface area contributed by atoms with Crippen molar-refractivity contribution in [1.29, 1.82) is 0 Å². The van der Waals surface area contributed by atoms with E-state index < -0.39 is 0 Å². The number of para-hydroxylation sites is 2. The van der Waals surface area contributed by atoms with Gasteiger partial charge >= 0.3 is 0 Å². The Balaban J connectivity index is 0.000000142. The summed E-state index contributed by atoms with van der Waals surface area (Å²) in [6, 6.07) is 179. The van der Waals surface area contributed by atoms with E-state index in [4.69, 9.17) is 19.9 Å². The first-order valence-corrected chi connectivity index (χ1v) is 46.5. The van der Waals surface area contributed by atoms with Crippen LogP contribution >= 0.6 is 0 Å². The van der Waals surface area contributed by atoms with Crippen LogP contribution in [-0.4, -0.2) is 29.1 Å². The summed E-state index contributed by atoms with van der Waals surface area (Å²) >= 11 is 0. The molecule has 0 saturated carbocycles. The first-order chi connectivity index (χ1) is 67.4. The third-order valence-corrected chi connectivity index (χ3v) is 27.5. The molecule has 0 amide bonds. The minimum absolute atomic E-state index is 0.694. The van der Waals surface area contributed by atoms with Crippen LogP contribution in [0.1, 0.15) is 0 Å². The summed E-state index contributed by atoms with van der Waals surface area (Å²) in [6.45, 7) is 0. The molecule has 0 aliphatic heterocycles. The molecule has 4 heterocycles. The van der Waals surface area contributed by atoms with Crippen molar-refractivity contribution in [3.8, 4) is 135 Å². The Kier molecular flexibility index (Phi) is 19.2. The van der Waals surface area contributed by atoms with Gasteiger partial charge in [-0.05, 0) is 216 Å². The molecule has 0 atom stereocenters. The average molecular weight is 1730 g/mol. The first-order valence-electron chi connectivity index (χ1n) is 46.5. The zero-order chi connectivity index (χ0) is 89.7. The standard InChI is InChI=1S/C68H43N3.C62H39N3/c1-4-18-44(19-5-1)50-40-51(45-20-6-2-7-21-45)42-52(41-50)46-34-36-49(37-35-46)67-59-28-14-15-32-61(59)69-68(70-67)58-31-16-30-56-54(58)29-17-33-62(56)71-63-39-38-48-24-10-11-25-53(48)65(63)66-57-27-13-12-26-55(57)60(43-64(66)71)47-22-8-3-9-23-47;1-3-15-40(16-4-1)41-29-31-42(32-30-41)45-20-13-22-47(37-45)61-54-26-11-12-28-56(54)63-62(64-61)53-27-14-21-46-38-48(34-35-49(46)53)65-57-36-33-44-19-7-8-23-50(44)59(57)60-52-25-10-9-24-51(52)55(39-58(60)65)43-17-5-2-6-18-43/h1-43H;1-39H. The second kappa shape index (κ2) is 33.1. The summed E-state index contributed by atoms with van der Waals surface area (Å²) in [6.07, 6.45) is 0. The molecule has 0 radical (unpaired) electrons. The predicted octanol–water partition coefficient (Wildman–Crippen LogP) is 34.7. The molecular weight excluding hydrogens is 1650 g/mol. The van der Waals surface area contributed by atoms with Crippen LogP contribution in [0.5, 0.6) is 0 Å². The zero-order valence-electron chi connectivity index (χ0n) is 74.0. The summed E-state index contributed by atoms with van der Waals surface area (Å²) < 4.78 is 4.96. The van der Waals surface area contributed by atoms with Crippen LogP contribution in [0.15, 0.2) is 497 Å². The number of benzene rings is 23. The van der Waals surface area contributed by atoms with Crippen LogP contribution in [0.4, 0.5) is 0 Å². The Bertz CT molecular complexity index is 9380. The van der Waals surface area contributed by atoms with Crippen molar-refractivity contribution >= 4 is 130 Å². The molecule has 632 valence electrons. The molecule has 4 aromatic heterocycles. The smallest absolute Gasteiger partial charge is 0.161 e. The number of hydrogen-bond acceptors (Lipinski definition) is 4. The molecule has 136 heavy (non-hydrogen) atoms. The SMILES string of the molecule is c1ccc(-c2cc(-c3ccccc3)cc(-c3ccc(-c4nc(-c5cccc6c(-n7c8ccc9ccccc9c8c8c9ccccc9c(-c9ccccc9)cc87)cccc56)nc5ccccc45)cc3)c2)cc1.c1ccc(-c2ccc(-c3cccc(-c4nc(-c5cccc6cc(-n7c8ccc9ccccc9c8c8c9ccccc9c(-c9ccccc9)cc87)ccc56)nc5ccccc45)c3)cc2)cc1. The summed E-state index contributed by atoms with van der Waals surface area (Å²) in [7, 11) is 0. The van der Waals surface area contributed by atoms with E-state index >= 15 is 0 Å². The minimum Gasteiger partial charge on any atom is -0.309 e. The maximum absolute atomic E-state index is 5.49. The molecule has 0 aliphatic rings. The highest BCUT2D eigenvalue weighted by atomic mass is 15.0. The van der Waals surface area contributed by atoms with Gasteiger partial charge in [0.1, 0.15) is 0 Å². The normalized spacial score (nSPS) is 11.7. The number of nitrogens with zero attached hydrogens (tertiary/aromatic N) is 6. The van der Waals surface area contributed by atoms with Gasteiger partial charge in [-0.15, -0.1) is 0 Å². The molecule has 6 heteroatoms. The van der Waals surface area contributed by atoms with Crippen molar-refractivity contribution < 1.29 is 0 Å². The molecule has 0 aliphatic carbocycles. The van der Waals surface area contributed by atoms with Gasteiger partial charge in [0.15, 0.2) is 11.6 Å². The average Bonchev–Trinajstić information content (AvgIpc) is 1.55. The zero-order valence-corrected chi connectivity index (χ0v) is 74.0. The van der Waals surface area contributed by atoms with Gasteiger partial charge in [0.2, 0.25) is 0 Å². The van der Waals surface area contributed by atoms with E-state index in [0.29, 0.717) is 11.6 Å². The second-order valence-electron chi connectivity index (χ2n) is 35.3. The van der Waals surface area contributed by atoms with Gasteiger partial charge in [-0.1, -0.05) is 419 Å². The fourth-order valence-corrected chi connectivity index (χ4v) is 21.2. The van der Waals surface area contributed by atoms with Crippen LogP contribution in [0, 0.1) is 0 Å². The van der Waals surface area contributed by atoms with Gasteiger partial charge in [-0.2, -0.15) is 0 Å². The topological polar surface area (TPSA) is 61.4 Å². The van der Waals surface area contributed by atoms with Crippen LogP contribution in [0.25, 0.3) is 265 Å². The van der Waals surface area contributed by atoms with E-state index in [1.165, 1.54) is 142 Å². The molecule has 0 spiro atoms. The lowest BCUT2D eigenvalue weighted by Crippen LogP contribution is -1.98. The molecule has 27 aromatic rings. The van der Waals surface area contributed by atoms with E-state index in [1.807, 2.05) is 0 Å². The van der Waals surface area contributed by atoms with E-state index in [0.717, 1.165) is 111 Å². The second-order valence-corrected chi connectivity index (χ2v) is 35.3. The lowest BCUT2D eigenvalue weighted by atomic mass is 9.93. The van der Waals surface area contributed by atoms with Gasteiger partial charge in [0.05, 0.1) is 50.2 Å². The Morgan fingerprint density at radius 3 is 1.01 bits per heavy atom. The van der Waals surface area contributed by atoms with Crippen molar-refractivity contribution in [1.82, 2.24) is 29.1 Å². The monoisotopic (exact) mass is 1730 g/mol. The van der Waals surface area contributed by atoms with E-state index in [-0.39, 0.29) is 0 Å². The summed E-state index contributed by atoms with van der Waals surface area (Å²) in [4.78, 5) is 21.5. The Morgan fingerprint density at radius 1 is 0.147 bits per heavy atom. The van der Waals surface area contributed by atoms with Crippen LogP contribution in [-0.2, 0) is 0 Å². The lowest BCUT2D eigenvalue weighted by molar-refractivity contribution is 1.19. The van der Waals surface area contributed by atoms with Crippen molar-refractivity contribution in [2.45, 2.75) is 0 Å². The Morgan fingerprint density at radius 2 is 0.478 bits per heavy atom. The van der Waals surface area contributed by atoms with Crippen molar-refractivity contribution in [3.63, 3.8) is 0 Å². The number of aromatic nitrogens is 6. The maximum atomic E-state index is 5.49. The molecular formula is C130H82N6. The minimum atomic E-state index is 0.694. The molecule has 0 unspecified atom stereocenters. The van der Waals surface area contributed by atoms with Gasteiger partial charge in [-0.3, -0.25) is 0 Å². The van der Waals surface area contributed by atoms with E-state index in [2.05, 4.69) is 507 Å². The van der Waals surface area contributed by atoms with Crippen LogP contribution in [0.3, 0.4) is 0 Å². The molecule has 0 saturated heterocycles. The van der Waals surface area contributed by atoms with Crippen LogP contribution in [0.2, 0.25) is 0 Å². The summed E-state index contributed by atoms with van der Waals surface area (Å²) in [5.41, 5.74) is 31.3.